The summed E-state index contributed by atoms with van der Waals surface area (Å²) in [5.41, 5.74) is 0.977. The molecule has 0 radical (unpaired) electrons. The number of aryl methyl sites for hydroxylation is 1. The molecule has 2 aromatic heterocycles. The Balaban J connectivity index is 1.41. The van der Waals surface area contributed by atoms with Crippen LogP contribution in [-0.4, -0.2) is 50.5 Å². The summed E-state index contributed by atoms with van der Waals surface area (Å²) in [6, 6.07) is 10.8. The van der Waals surface area contributed by atoms with Crippen LogP contribution < -0.4 is 4.72 Å². The maximum atomic E-state index is 12.7. The number of nitrogens with one attached hydrogen (secondary N) is 1. The minimum Gasteiger partial charge on any atom is -0.378 e. The lowest BCUT2D eigenvalue weighted by Crippen LogP contribution is -2.41. The molecule has 158 valence electrons. The number of carbonyl (C=O) groups is 1. The summed E-state index contributed by atoms with van der Waals surface area (Å²) in [6.45, 7) is 4.29. The van der Waals surface area contributed by atoms with Crippen LogP contribution >= 0.6 is 22.7 Å². The highest BCUT2D eigenvalue weighted by Crippen LogP contribution is 2.29. The molecule has 7 nitrogen and oxygen atoms in total. The van der Waals surface area contributed by atoms with Crippen molar-refractivity contribution in [1.29, 1.82) is 0 Å². The van der Waals surface area contributed by atoms with Crippen molar-refractivity contribution in [3.8, 4) is 10.4 Å². The molecular weight excluding hydrogens is 442 g/mol. The van der Waals surface area contributed by atoms with Gasteiger partial charge in [0.05, 0.1) is 24.5 Å². The first-order valence-corrected chi connectivity index (χ1v) is 12.5. The van der Waals surface area contributed by atoms with E-state index in [1.807, 2.05) is 19.1 Å². The molecule has 1 N–H and O–H groups in total. The van der Waals surface area contributed by atoms with Gasteiger partial charge in [-0.2, -0.15) is 0 Å². The molecule has 1 amide bonds. The van der Waals surface area contributed by atoms with Gasteiger partial charge in [-0.15, -0.1) is 22.7 Å². The van der Waals surface area contributed by atoms with Gasteiger partial charge in [-0.3, -0.25) is 9.52 Å². The standard InChI is InChI=1S/C20H21N3O4S3/c1-14-2-7-18(28-14)15-3-5-17(6-4-15)30(25,26)22-20-21-13-16(29-20)12-19(24)23-8-10-27-11-9-23/h2-7,13H,8-12H2,1H3,(H,21,22). The SMILES string of the molecule is Cc1ccc(-c2ccc(S(=O)(=O)Nc3ncc(CC(=O)N4CCOCC4)s3)cc2)s1. The second-order valence-electron chi connectivity index (χ2n) is 6.84. The largest absolute Gasteiger partial charge is 0.378 e. The first-order valence-electron chi connectivity index (χ1n) is 9.41. The van der Waals surface area contributed by atoms with Crippen LogP contribution in [-0.2, 0) is 26.0 Å². The van der Waals surface area contributed by atoms with Gasteiger partial charge in [0.25, 0.3) is 10.0 Å². The molecular formula is C20H21N3O4S3. The van der Waals surface area contributed by atoms with Gasteiger partial charge in [0.15, 0.2) is 5.13 Å². The Labute approximate surface area is 183 Å². The number of sulfonamides is 1. The smallest absolute Gasteiger partial charge is 0.263 e. The molecule has 1 fully saturated rings. The van der Waals surface area contributed by atoms with Crippen LogP contribution in [0, 0.1) is 6.92 Å². The van der Waals surface area contributed by atoms with Crippen LogP contribution in [0.15, 0.2) is 47.5 Å². The molecule has 0 unspecified atom stereocenters. The molecule has 10 heteroatoms. The van der Waals surface area contributed by atoms with Crippen LogP contribution in [0.4, 0.5) is 5.13 Å². The van der Waals surface area contributed by atoms with Gasteiger partial charge in [-0.1, -0.05) is 12.1 Å². The lowest BCUT2D eigenvalue weighted by molar-refractivity contribution is -0.134. The van der Waals surface area contributed by atoms with Crippen LogP contribution in [0.3, 0.4) is 0 Å². The molecule has 1 aliphatic heterocycles. The average molecular weight is 464 g/mol. The Kier molecular flexibility index (Phi) is 6.19. The maximum Gasteiger partial charge on any atom is 0.263 e. The zero-order valence-corrected chi connectivity index (χ0v) is 18.8. The van der Waals surface area contributed by atoms with Gasteiger partial charge in [-0.25, -0.2) is 13.4 Å². The van der Waals surface area contributed by atoms with E-state index in [1.54, 1.807) is 46.7 Å². The number of thiophene rings is 1. The van der Waals surface area contributed by atoms with E-state index in [2.05, 4.69) is 9.71 Å². The lowest BCUT2D eigenvalue weighted by Gasteiger charge is -2.26. The van der Waals surface area contributed by atoms with Gasteiger partial charge in [0.2, 0.25) is 5.91 Å². The molecule has 0 saturated carbocycles. The molecule has 0 bridgehead atoms. The number of hydrogen-bond acceptors (Lipinski definition) is 7. The molecule has 1 aromatic carbocycles. The number of hydrogen-bond donors (Lipinski definition) is 1. The normalized spacial score (nSPS) is 14.6. The zero-order valence-electron chi connectivity index (χ0n) is 16.3. The molecule has 4 rings (SSSR count). The molecule has 3 heterocycles. The highest BCUT2D eigenvalue weighted by Gasteiger charge is 2.20. The third kappa shape index (κ3) is 4.89. The van der Waals surface area contributed by atoms with Crippen molar-refractivity contribution in [2.45, 2.75) is 18.2 Å². The summed E-state index contributed by atoms with van der Waals surface area (Å²) in [6.07, 6.45) is 1.75. The Morgan fingerprint density at radius 1 is 1.13 bits per heavy atom. The fraction of sp³-hybridized carbons (Fsp3) is 0.300. The van der Waals surface area contributed by atoms with Crippen molar-refractivity contribution in [2.75, 3.05) is 31.0 Å². The minimum absolute atomic E-state index is 0.00393. The Bertz CT molecular complexity index is 1130. The number of thiazole rings is 1. The second-order valence-corrected chi connectivity index (χ2v) is 10.9. The molecule has 30 heavy (non-hydrogen) atoms. The van der Waals surface area contributed by atoms with Gasteiger partial charge >= 0.3 is 0 Å². The van der Waals surface area contributed by atoms with Crippen molar-refractivity contribution in [2.24, 2.45) is 0 Å². The van der Waals surface area contributed by atoms with Gasteiger partial charge in [0, 0.05) is 33.9 Å². The van der Waals surface area contributed by atoms with Crippen molar-refractivity contribution in [3.05, 3.63) is 52.3 Å². The summed E-state index contributed by atoms with van der Waals surface area (Å²) < 4.78 is 33.2. The van der Waals surface area contributed by atoms with Crippen LogP contribution in [0.2, 0.25) is 0 Å². The number of aromatic nitrogens is 1. The van der Waals surface area contributed by atoms with Crippen LogP contribution in [0.25, 0.3) is 10.4 Å². The van der Waals surface area contributed by atoms with Crippen molar-refractivity contribution in [1.82, 2.24) is 9.88 Å². The first kappa shape index (κ1) is 21.0. The number of rotatable bonds is 6. The topological polar surface area (TPSA) is 88.6 Å². The first-order chi connectivity index (χ1) is 14.4. The van der Waals surface area contributed by atoms with E-state index in [1.165, 1.54) is 16.2 Å². The number of nitrogens with zero attached hydrogens (tertiary/aromatic N) is 2. The number of morpholine rings is 1. The van der Waals surface area contributed by atoms with Crippen LogP contribution in [0.1, 0.15) is 9.75 Å². The van der Waals surface area contributed by atoms with E-state index in [0.29, 0.717) is 31.2 Å². The molecule has 3 aromatic rings. The van der Waals surface area contributed by atoms with Crippen molar-refractivity contribution < 1.29 is 17.9 Å². The Hall–Kier alpha value is -2.27. The number of ether oxygens (including phenoxy) is 1. The number of benzene rings is 1. The lowest BCUT2D eigenvalue weighted by atomic mass is 10.2. The predicted molar refractivity (Wildman–Crippen MR) is 119 cm³/mol. The minimum atomic E-state index is -3.75. The van der Waals surface area contributed by atoms with E-state index < -0.39 is 10.0 Å². The summed E-state index contributed by atoms with van der Waals surface area (Å²) in [4.78, 5) is 21.4. The Morgan fingerprint density at radius 2 is 1.87 bits per heavy atom. The quantitative estimate of drug-likeness (QED) is 0.605. The summed E-state index contributed by atoms with van der Waals surface area (Å²) >= 11 is 2.83. The van der Waals surface area contributed by atoms with E-state index >= 15 is 0 Å². The van der Waals surface area contributed by atoms with Gasteiger partial charge < -0.3 is 9.64 Å². The van der Waals surface area contributed by atoms with E-state index in [9.17, 15) is 13.2 Å². The fourth-order valence-electron chi connectivity index (χ4n) is 3.07. The number of amides is 1. The maximum absolute atomic E-state index is 12.7. The average Bonchev–Trinajstić information content (AvgIpc) is 3.37. The Morgan fingerprint density at radius 3 is 2.53 bits per heavy atom. The van der Waals surface area contributed by atoms with Crippen molar-refractivity contribution in [3.63, 3.8) is 0 Å². The van der Waals surface area contributed by atoms with E-state index in [-0.39, 0.29) is 22.4 Å². The second kappa shape index (κ2) is 8.84. The van der Waals surface area contributed by atoms with E-state index in [4.69, 9.17) is 4.74 Å². The third-order valence-electron chi connectivity index (χ3n) is 4.65. The molecule has 0 aliphatic carbocycles. The van der Waals surface area contributed by atoms with Gasteiger partial charge in [0.1, 0.15) is 0 Å². The summed E-state index contributed by atoms with van der Waals surface area (Å²) in [7, 11) is -3.75. The highest BCUT2D eigenvalue weighted by molar-refractivity contribution is 7.93. The predicted octanol–water partition coefficient (Wildman–Crippen LogP) is 3.38. The summed E-state index contributed by atoms with van der Waals surface area (Å²) in [5, 5.41) is 0.248. The highest BCUT2D eigenvalue weighted by atomic mass is 32.2. The fourth-order valence-corrected chi connectivity index (χ4v) is 5.99. The van der Waals surface area contributed by atoms with Crippen LogP contribution in [0.5, 0.6) is 0 Å². The van der Waals surface area contributed by atoms with Gasteiger partial charge in [-0.05, 0) is 36.8 Å². The third-order valence-corrected chi connectivity index (χ3v) is 8.10. The molecule has 0 spiro atoms. The summed E-state index contributed by atoms with van der Waals surface area (Å²) in [5.74, 6) is -0.00393. The number of carbonyl (C=O) groups excluding carboxylic acids is 1. The van der Waals surface area contributed by atoms with E-state index in [0.717, 1.165) is 10.4 Å². The zero-order chi connectivity index (χ0) is 21.1. The van der Waals surface area contributed by atoms with Crippen molar-refractivity contribution >= 4 is 43.7 Å². The number of anilines is 1. The monoisotopic (exact) mass is 463 g/mol. The molecule has 1 saturated heterocycles. The molecule has 1 aliphatic rings. The molecule has 0 atom stereocenters.